The molecule has 0 atom stereocenters. The number of hydrogen-bond acceptors (Lipinski definition) is 4. The van der Waals surface area contributed by atoms with Gasteiger partial charge >= 0.3 is 0 Å². The average molecular weight is 408 g/mol. The number of fused-ring (bicyclic) bond motifs is 1. The van der Waals surface area contributed by atoms with Gasteiger partial charge in [-0.3, -0.25) is 4.79 Å². The van der Waals surface area contributed by atoms with E-state index in [9.17, 15) is 13.2 Å². The van der Waals surface area contributed by atoms with E-state index in [2.05, 4.69) is 17.1 Å². The molecule has 3 rings (SSSR count). The van der Waals surface area contributed by atoms with Gasteiger partial charge in [-0.25, -0.2) is 12.7 Å². The molecule has 1 N–H and O–H groups in total. The number of sulfonamides is 1. The molecule has 2 aromatic carbocycles. The van der Waals surface area contributed by atoms with Gasteiger partial charge in [-0.05, 0) is 49.2 Å². The molecule has 0 unspecified atom stereocenters. The van der Waals surface area contributed by atoms with Crippen LogP contribution in [-0.2, 0) is 16.4 Å². The smallest absolute Gasteiger partial charge is 0.255 e. The van der Waals surface area contributed by atoms with Crippen LogP contribution in [0.1, 0.15) is 22.8 Å². The second-order valence-corrected chi connectivity index (χ2v) is 9.09. The van der Waals surface area contributed by atoms with Crippen LogP contribution in [0.5, 0.6) is 0 Å². The van der Waals surface area contributed by atoms with Gasteiger partial charge in [0.1, 0.15) is 4.90 Å². The number of hydrogen-bond donors (Lipinski definition) is 1. The number of likely N-dealkylation sites (N-methyl/N-ethyl adjacent to an activating group) is 1. The van der Waals surface area contributed by atoms with Gasteiger partial charge in [-0.2, -0.15) is 0 Å². The Morgan fingerprint density at radius 3 is 2.63 bits per heavy atom. The maximum Gasteiger partial charge on any atom is 0.255 e. The summed E-state index contributed by atoms with van der Waals surface area (Å²) in [5.41, 5.74) is 3.29. The van der Waals surface area contributed by atoms with Crippen LogP contribution in [0.2, 0.25) is 5.02 Å². The maximum absolute atomic E-state index is 12.6. The molecule has 1 heterocycles. The first kappa shape index (κ1) is 19.7. The van der Waals surface area contributed by atoms with Crippen LogP contribution in [-0.4, -0.2) is 45.8 Å². The second-order valence-electron chi connectivity index (χ2n) is 6.56. The molecule has 0 fully saturated rings. The van der Waals surface area contributed by atoms with Crippen LogP contribution >= 0.6 is 11.6 Å². The summed E-state index contributed by atoms with van der Waals surface area (Å²) in [4.78, 5) is 14.8. The minimum absolute atomic E-state index is 0.0800. The molecule has 0 bridgehead atoms. The topological polar surface area (TPSA) is 69.7 Å². The molecule has 0 saturated heterocycles. The highest BCUT2D eigenvalue weighted by Gasteiger charge is 2.23. The largest absolute Gasteiger partial charge is 0.371 e. The lowest BCUT2D eigenvalue weighted by Crippen LogP contribution is -2.23. The molecular formula is C19H22ClN3O3S. The van der Waals surface area contributed by atoms with Crippen molar-refractivity contribution in [3.63, 3.8) is 0 Å². The normalized spacial score (nSPS) is 13.7. The van der Waals surface area contributed by atoms with Crippen LogP contribution in [0.3, 0.4) is 0 Å². The van der Waals surface area contributed by atoms with E-state index in [1.54, 1.807) is 0 Å². The predicted octanol–water partition coefficient (Wildman–Crippen LogP) is 3.23. The molecule has 6 nitrogen and oxygen atoms in total. The van der Waals surface area contributed by atoms with E-state index >= 15 is 0 Å². The van der Waals surface area contributed by atoms with Crippen LogP contribution in [0, 0.1) is 0 Å². The molecule has 2 aromatic rings. The lowest BCUT2D eigenvalue weighted by Gasteiger charge is -2.17. The van der Waals surface area contributed by atoms with E-state index in [0.29, 0.717) is 5.69 Å². The van der Waals surface area contributed by atoms with Gasteiger partial charge in [-0.15, -0.1) is 0 Å². The minimum Gasteiger partial charge on any atom is -0.371 e. The van der Waals surface area contributed by atoms with Gasteiger partial charge in [0, 0.05) is 44.1 Å². The number of carbonyl (C=O) groups is 1. The monoisotopic (exact) mass is 407 g/mol. The summed E-state index contributed by atoms with van der Waals surface area (Å²) in [5, 5.41) is 2.92. The number of carbonyl (C=O) groups excluding carboxylic acids is 1. The van der Waals surface area contributed by atoms with E-state index < -0.39 is 10.0 Å². The fourth-order valence-corrected chi connectivity index (χ4v) is 4.49. The summed E-state index contributed by atoms with van der Waals surface area (Å²) in [7, 11) is -0.902. The molecule has 27 heavy (non-hydrogen) atoms. The van der Waals surface area contributed by atoms with E-state index in [0.717, 1.165) is 29.5 Å². The van der Waals surface area contributed by atoms with Gasteiger partial charge in [0.2, 0.25) is 10.0 Å². The van der Waals surface area contributed by atoms with Crippen molar-refractivity contribution in [2.75, 3.05) is 37.4 Å². The minimum atomic E-state index is -3.74. The Morgan fingerprint density at radius 2 is 1.96 bits per heavy atom. The highest BCUT2D eigenvalue weighted by molar-refractivity contribution is 7.89. The Labute approximate surface area is 164 Å². The third kappa shape index (κ3) is 3.81. The van der Waals surface area contributed by atoms with Crippen molar-refractivity contribution >= 4 is 38.9 Å². The number of nitrogens with zero attached hydrogens (tertiary/aromatic N) is 2. The zero-order valence-electron chi connectivity index (χ0n) is 15.5. The summed E-state index contributed by atoms with van der Waals surface area (Å²) < 4.78 is 25.8. The molecule has 1 amide bonds. The van der Waals surface area contributed by atoms with Crippen molar-refractivity contribution in [2.24, 2.45) is 0 Å². The van der Waals surface area contributed by atoms with Crippen molar-refractivity contribution in [1.82, 2.24) is 4.31 Å². The van der Waals surface area contributed by atoms with E-state index in [1.165, 1.54) is 37.9 Å². The summed E-state index contributed by atoms with van der Waals surface area (Å²) in [6, 6.07) is 10.1. The van der Waals surface area contributed by atoms with Crippen LogP contribution < -0.4 is 10.2 Å². The SMILES string of the molecule is CCN1CCc2ccc(NC(=O)c3ccc(Cl)c(S(=O)(=O)N(C)C)c3)cc21. The summed E-state index contributed by atoms with van der Waals surface area (Å²) in [6.45, 7) is 3.99. The first-order valence-corrected chi connectivity index (χ1v) is 10.5. The van der Waals surface area contributed by atoms with Gasteiger partial charge in [0.15, 0.2) is 0 Å². The summed E-state index contributed by atoms with van der Waals surface area (Å²) in [6.07, 6.45) is 1.00. The number of halogens is 1. The Kier molecular flexibility index (Phi) is 5.46. The molecule has 8 heteroatoms. The molecule has 0 spiro atoms. The van der Waals surface area contributed by atoms with Crippen molar-refractivity contribution in [3.05, 3.63) is 52.5 Å². The highest BCUT2D eigenvalue weighted by Crippen LogP contribution is 2.31. The average Bonchev–Trinajstić information content (AvgIpc) is 3.04. The quantitative estimate of drug-likeness (QED) is 0.826. The van der Waals surface area contributed by atoms with Gasteiger partial charge in [0.25, 0.3) is 5.91 Å². The Balaban J connectivity index is 1.88. The molecule has 1 aliphatic heterocycles. The summed E-state index contributed by atoms with van der Waals surface area (Å²) in [5.74, 6) is -0.386. The number of rotatable bonds is 5. The molecular weight excluding hydrogens is 386 g/mol. The third-order valence-corrected chi connectivity index (χ3v) is 6.97. The van der Waals surface area contributed by atoms with Crippen molar-refractivity contribution in [3.8, 4) is 0 Å². The molecule has 0 aromatic heterocycles. The fraction of sp³-hybridized carbons (Fsp3) is 0.316. The number of amides is 1. The van der Waals surface area contributed by atoms with Gasteiger partial charge in [0.05, 0.1) is 5.02 Å². The zero-order chi connectivity index (χ0) is 19.8. The van der Waals surface area contributed by atoms with Crippen molar-refractivity contribution in [1.29, 1.82) is 0 Å². The maximum atomic E-state index is 12.6. The Bertz CT molecular complexity index is 990. The molecule has 144 valence electrons. The molecule has 0 saturated carbocycles. The standard InChI is InChI=1S/C19H22ClN3O3S/c1-4-23-10-9-13-5-7-15(12-17(13)23)21-19(24)14-6-8-16(20)18(11-14)27(25,26)22(2)3/h5-8,11-12H,4,9-10H2,1-3H3,(H,21,24). The molecule has 0 aliphatic carbocycles. The number of anilines is 2. The van der Waals surface area contributed by atoms with Gasteiger partial charge in [-0.1, -0.05) is 17.7 Å². The molecule has 0 radical (unpaired) electrons. The lowest BCUT2D eigenvalue weighted by molar-refractivity contribution is 0.102. The van der Waals surface area contributed by atoms with E-state index in [4.69, 9.17) is 11.6 Å². The molecule has 1 aliphatic rings. The van der Waals surface area contributed by atoms with Crippen LogP contribution in [0.4, 0.5) is 11.4 Å². The Morgan fingerprint density at radius 1 is 1.22 bits per heavy atom. The number of nitrogens with one attached hydrogen (secondary N) is 1. The van der Waals surface area contributed by atoms with E-state index in [1.807, 2.05) is 18.2 Å². The van der Waals surface area contributed by atoms with Crippen molar-refractivity contribution < 1.29 is 13.2 Å². The lowest BCUT2D eigenvalue weighted by atomic mass is 10.1. The van der Waals surface area contributed by atoms with Crippen LogP contribution in [0.15, 0.2) is 41.3 Å². The predicted molar refractivity (Wildman–Crippen MR) is 108 cm³/mol. The second kappa shape index (κ2) is 7.50. The number of benzene rings is 2. The third-order valence-electron chi connectivity index (χ3n) is 4.67. The zero-order valence-corrected chi connectivity index (χ0v) is 17.1. The highest BCUT2D eigenvalue weighted by atomic mass is 35.5. The van der Waals surface area contributed by atoms with Gasteiger partial charge < -0.3 is 10.2 Å². The van der Waals surface area contributed by atoms with Crippen molar-refractivity contribution in [2.45, 2.75) is 18.2 Å². The first-order valence-electron chi connectivity index (χ1n) is 8.65. The Hall–Kier alpha value is -2.09. The fourth-order valence-electron chi connectivity index (χ4n) is 3.09. The van der Waals surface area contributed by atoms with E-state index in [-0.39, 0.29) is 21.4 Å². The van der Waals surface area contributed by atoms with Crippen LogP contribution in [0.25, 0.3) is 0 Å². The summed E-state index contributed by atoms with van der Waals surface area (Å²) >= 11 is 6.04. The first-order chi connectivity index (χ1) is 12.7.